The van der Waals surface area contributed by atoms with E-state index in [1.165, 1.54) is 4.90 Å². The van der Waals surface area contributed by atoms with Crippen LogP contribution in [0.4, 0.5) is 5.69 Å². The summed E-state index contributed by atoms with van der Waals surface area (Å²) in [5, 5.41) is 0. The first-order valence-corrected chi connectivity index (χ1v) is 8.74. The average molecular weight is 369 g/mol. The lowest BCUT2D eigenvalue weighted by molar-refractivity contribution is -0.138. The molecule has 2 aromatic carbocycles. The number of carbonyl (C=O) groups is 2. The van der Waals surface area contributed by atoms with Gasteiger partial charge in [0, 0.05) is 12.2 Å². The van der Waals surface area contributed by atoms with Crippen molar-refractivity contribution < 1.29 is 19.1 Å². The molecule has 1 aliphatic heterocycles. The predicted octanol–water partition coefficient (Wildman–Crippen LogP) is 1.99. The van der Waals surface area contributed by atoms with Gasteiger partial charge in [-0.25, -0.2) is 5.43 Å². The van der Waals surface area contributed by atoms with E-state index >= 15 is 0 Å². The van der Waals surface area contributed by atoms with E-state index in [9.17, 15) is 9.59 Å². The fourth-order valence-electron chi connectivity index (χ4n) is 3.00. The van der Waals surface area contributed by atoms with Crippen LogP contribution in [0.15, 0.2) is 48.5 Å². The van der Waals surface area contributed by atoms with Crippen LogP contribution in [0, 0.1) is 0 Å². The molecule has 1 fully saturated rings. The molecule has 1 saturated heterocycles. The SMILES string of the molecule is COc1ccc(CCN2C(=O)C[C@@H](NNc3ccccc3)C2=O)cc1OC. The molecule has 0 bridgehead atoms. The number of ether oxygens (including phenoxy) is 2. The molecule has 1 aliphatic rings. The van der Waals surface area contributed by atoms with Gasteiger partial charge in [-0.1, -0.05) is 24.3 Å². The second-order valence-electron chi connectivity index (χ2n) is 6.22. The minimum absolute atomic E-state index is 0.143. The van der Waals surface area contributed by atoms with Crippen molar-refractivity contribution in [3.05, 3.63) is 54.1 Å². The van der Waals surface area contributed by atoms with Crippen LogP contribution in [-0.2, 0) is 16.0 Å². The van der Waals surface area contributed by atoms with E-state index in [2.05, 4.69) is 10.9 Å². The zero-order valence-corrected chi connectivity index (χ0v) is 15.4. The maximum absolute atomic E-state index is 12.5. The second-order valence-corrected chi connectivity index (χ2v) is 6.22. The molecule has 0 spiro atoms. The van der Waals surface area contributed by atoms with Crippen LogP contribution in [0.3, 0.4) is 0 Å². The van der Waals surface area contributed by atoms with Crippen molar-refractivity contribution in [2.24, 2.45) is 0 Å². The highest BCUT2D eigenvalue weighted by atomic mass is 16.5. The highest BCUT2D eigenvalue weighted by molar-refractivity contribution is 6.05. The van der Waals surface area contributed by atoms with Crippen molar-refractivity contribution in [2.45, 2.75) is 18.9 Å². The lowest BCUT2D eigenvalue weighted by atomic mass is 10.1. The van der Waals surface area contributed by atoms with Crippen molar-refractivity contribution in [1.82, 2.24) is 10.3 Å². The first kappa shape index (κ1) is 18.7. The summed E-state index contributed by atoms with van der Waals surface area (Å²) in [5.74, 6) is 0.878. The van der Waals surface area contributed by atoms with Crippen molar-refractivity contribution >= 4 is 17.5 Å². The van der Waals surface area contributed by atoms with Crippen LogP contribution < -0.4 is 20.3 Å². The largest absolute Gasteiger partial charge is 0.493 e. The Bertz CT molecular complexity index is 810. The summed E-state index contributed by atoms with van der Waals surface area (Å²) in [5.41, 5.74) is 7.72. The molecule has 2 aromatic rings. The number of likely N-dealkylation sites (tertiary alicyclic amines) is 1. The number of carbonyl (C=O) groups excluding carboxylic acids is 2. The van der Waals surface area contributed by atoms with E-state index in [1.807, 2.05) is 48.5 Å². The zero-order valence-electron chi connectivity index (χ0n) is 15.4. The Hall–Kier alpha value is -3.06. The van der Waals surface area contributed by atoms with Gasteiger partial charge in [0.05, 0.1) is 20.6 Å². The molecule has 0 saturated carbocycles. The number of imide groups is 1. The molecule has 0 unspecified atom stereocenters. The number of benzene rings is 2. The number of amides is 2. The second kappa shape index (κ2) is 8.55. The molecular formula is C20H23N3O4. The topological polar surface area (TPSA) is 79.9 Å². The zero-order chi connectivity index (χ0) is 19.2. The number of nitrogens with zero attached hydrogens (tertiary/aromatic N) is 1. The van der Waals surface area contributed by atoms with Gasteiger partial charge in [-0.2, -0.15) is 0 Å². The molecule has 0 aromatic heterocycles. The number of anilines is 1. The molecule has 2 amide bonds. The highest BCUT2D eigenvalue weighted by Gasteiger charge is 2.38. The minimum atomic E-state index is -0.567. The summed E-state index contributed by atoms with van der Waals surface area (Å²) < 4.78 is 10.5. The van der Waals surface area contributed by atoms with Gasteiger partial charge in [0.25, 0.3) is 0 Å². The fourth-order valence-corrected chi connectivity index (χ4v) is 3.00. The number of hydrogen-bond acceptors (Lipinski definition) is 6. The van der Waals surface area contributed by atoms with Crippen LogP contribution in [0.2, 0.25) is 0 Å². The van der Waals surface area contributed by atoms with Gasteiger partial charge in [-0.05, 0) is 36.2 Å². The number of para-hydroxylation sites is 1. The van der Waals surface area contributed by atoms with Gasteiger partial charge < -0.3 is 14.9 Å². The van der Waals surface area contributed by atoms with E-state index in [4.69, 9.17) is 9.47 Å². The molecule has 1 heterocycles. The van der Waals surface area contributed by atoms with Crippen molar-refractivity contribution in [3.8, 4) is 11.5 Å². The molecule has 3 rings (SSSR count). The van der Waals surface area contributed by atoms with E-state index < -0.39 is 6.04 Å². The Morgan fingerprint density at radius 2 is 1.78 bits per heavy atom. The maximum Gasteiger partial charge on any atom is 0.248 e. The Balaban J connectivity index is 1.57. The maximum atomic E-state index is 12.5. The predicted molar refractivity (Wildman–Crippen MR) is 102 cm³/mol. The van der Waals surface area contributed by atoms with E-state index in [0.717, 1.165) is 11.3 Å². The lowest BCUT2D eigenvalue weighted by Crippen LogP contribution is -2.41. The van der Waals surface area contributed by atoms with Gasteiger partial charge in [-0.15, -0.1) is 0 Å². The van der Waals surface area contributed by atoms with E-state index in [1.54, 1.807) is 14.2 Å². The molecular weight excluding hydrogens is 346 g/mol. The molecule has 2 N–H and O–H groups in total. The van der Waals surface area contributed by atoms with Crippen molar-refractivity contribution in [3.63, 3.8) is 0 Å². The van der Waals surface area contributed by atoms with Crippen LogP contribution in [0.25, 0.3) is 0 Å². The first-order valence-electron chi connectivity index (χ1n) is 8.74. The summed E-state index contributed by atoms with van der Waals surface area (Å²) in [4.78, 5) is 26.1. The average Bonchev–Trinajstić information content (AvgIpc) is 2.98. The van der Waals surface area contributed by atoms with E-state index in [0.29, 0.717) is 24.5 Å². The molecule has 142 valence electrons. The van der Waals surface area contributed by atoms with E-state index in [-0.39, 0.29) is 18.2 Å². The summed E-state index contributed by atoms with van der Waals surface area (Å²) >= 11 is 0. The van der Waals surface area contributed by atoms with Gasteiger partial charge in [0.15, 0.2) is 11.5 Å². The van der Waals surface area contributed by atoms with Crippen LogP contribution in [0.1, 0.15) is 12.0 Å². The third kappa shape index (κ3) is 4.38. The normalized spacial score (nSPS) is 16.5. The highest BCUT2D eigenvalue weighted by Crippen LogP contribution is 2.28. The standard InChI is InChI=1S/C20H23N3O4/c1-26-17-9-8-14(12-18(17)27-2)10-11-23-19(24)13-16(20(23)25)22-21-15-6-4-3-5-7-15/h3-9,12,16,21-22H,10-11,13H2,1-2H3/t16-/m1/s1. The Morgan fingerprint density at radius 1 is 1.04 bits per heavy atom. The fraction of sp³-hybridized carbons (Fsp3) is 0.300. The summed E-state index contributed by atoms with van der Waals surface area (Å²) in [6, 6.07) is 14.5. The number of rotatable bonds is 8. The summed E-state index contributed by atoms with van der Waals surface area (Å²) in [6.07, 6.45) is 0.696. The number of methoxy groups -OCH3 is 2. The Kier molecular flexibility index (Phi) is 5.93. The summed E-state index contributed by atoms with van der Waals surface area (Å²) in [7, 11) is 3.15. The lowest BCUT2D eigenvalue weighted by Gasteiger charge is -2.17. The minimum Gasteiger partial charge on any atom is -0.493 e. The van der Waals surface area contributed by atoms with Gasteiger partial charge in [0.1, 0.15) is 6.04 Å². The third-order valence-corrected chi connectivity index (χ3v) is 4.48. The Morgan fingerprint density at radius 3 is 2.48 bits per heavy atom. The molecule has 0 radical (unpaired) electrons. The van der Waals surface area contributed by atoms with Crippen LogP contribution in [-0.4, -0.2) is 43.5 Å². The van der Waals surface area contributed by atoms with Gasteiger partial charge >= 0.3 is 0 Å². The quantitative estimate of drug-likeness (QED) is 0.547. The van der Waals surface area contributed by atoms with Crippen molar-refractivity contribution in [2.75, 3.05) is 26.2 Å². The van der Waals surface area contributed by atoms with Gasteiger partial charge in [-0.3, -0.25) is 14.5 Å². The number of hydrazine groups is 1. The monoisotopic (exact) mass is 369 g/mol. The van der Waals surface area contributed by atoms with Gasteiger partial charge in [0.2, 0.25) is 11.8 Å². The Labute approximate surface area is 158 Å². The molecule has 7 heteroatoms. The third-order valence-electron chi connectivity index (χ3n) is 4.48. The van der Waals surface area contributed by atoms with Crippen LogP contribution >= 0.6 is 0 Å². The van der Waals surface area contributed by atoms with Crippen LogP contribution in [0.5, 0.6) is 11.5 Å². The smallest absolute Gasteiger partial charge is 0.248 e. The van der Waals surface area contributed by atoms with Crippen molar-refractivity contribution in [1.29, 1.82) is 0 Å². The molecule has 7 nitrogen and oxygen atoms in total. The summed E-state index contributed by atoms with van der Waals surface area (Å²) in [6.45, 7) is 0.330. The number of nitrogens with one attached hydrogen (secondary N) is 2. The molecule has 0 aliphatic carbocycles. The number of hydrogen-bond donors (Lipinski definition) is 2. The molecule has 1 atom stereocenters. The molecule has 27 heavy (non-hydrogen) atoms. The first-order chi connectivity index (χ1) is 13.1.